The van der Waals surface area contributed by atoms with Crippen LogP contribution in [-0.2, 0) is 23.9 Å². The number of anilines is 1. The van der Waals surface area contributed by atoms with Crippen LogP contribution in [-0.4, -0.2) is 56.0 Å². The third-order valence-corrected chi connectivity index (χ3v) is 5.39. The zero-order valence-electron chi connectivity index (χ0n) is 17.8. The first kappa shape index (κ1) is 22.9. The minimum absolute atomic E-state index is 0.0276. The average Bonchev–Trinajstić information content (AvgIpc) is 2.77. The molecule has 160 valence electrons. The van der Waals surface area contributed by atoms with Crippen LogP contribution in [0.4, 0.5) is 5.69 Å². The fraction of sp³-hybridized carbons (Fsp3) is 0.591. The van der Waals surface area contributed by atoms with E-state index in [4.69, 9.17) is 9.47 Å². The Bertz CT molecular complexity index is 717. The highest BCUT2D eigenvalue weighted by Gasteiger charge is 2.32. The second-order valence-corrected chi connectivity index (χ2v) is 7.13. The number of benzene rings is 1. The van der Waals surface area contributed by atoms with E-state index < -0.39 is 5.97 Å². The van der Waals surface area contributed by atoms with Crippen LogP contribution in [0.5, 0.6) is 0 Å². The molecule has 0 aliphatic carbocycles. The lowest BCUT2D eigenvalue weighted by Crippen LogP contribution is -2.46. The Balaban J connectivity index is 2.43. The van der Waals surface area contributed by atoms with E-state index in [1.54, 1.807) is 25.0 Å². The molecule has 0 aromatic heterocycles. The van der Waals surface area contributed by atoms with Gasteiger partial charge in [0.2, 0.25) is 11.8 Å². The lowest BCUT2D eigenvalue weighted by Gasteiger charge is -2.28. The van der Waals surface area contributed by atoms with Crippen LogP contribution < -0.4 is 4.90 Å². The van der Waals surface area contributed by atoms with Gasteiger partial charge in [0.1, 0.15) is 13.1 Å². The van der Waals surface area contributed by atoms with Gasteiger partial charge in [-0.05, 0) is 32.3 Å². The molecule has 1 unspecified atom stereocenters. The molecule has 0 saturated heterocycles. The Morgan fingerprint density at radius 3 is 2.48 bits per heavy atom. The van der Waals surface area contributed by atoms with Crippen molar-refractivity contribution in [2.75, 3.05) is 38.3 Å². The van der Waals surface area contributed by atoms with Gasteiger partial charge in [-0.3, -0.25) is 19.3 Å². The lowest BCUT2D eigenvalue weighted by molar-refractivity contribution is -0.142. The lowest BCUT2D eigenvalue weighted by atomic mass is 10.0. The second-order valence-electron chi connectivity index (χ2n) is 7.13. The van der Waals surface area contributed by atoms with Gasteiger partial charge in [0, 0.05) is 25.1 Å². The monoisotopic (exact) mass is 404 g/mol. The second kappa shape index (κ2) is 11.0. The molecule has 0 radical (unpaired) electrons. The number of carbonyl (C=O) groups excluding carboxylic acids is 3. The molecule has 29 heavy (non-hydrogen) atoms. The molecule has 2 amide bonds. The molecule has 0 fully saturated rings. The molecule has 0 spiro atoms. The summed E-state index contributed by atoms with van der Waals surface area (Å²) in [5, 5.41) is 0. The van der Waals surface area contributed by atoms with Crippen LogP contribution >= 0.6 is 0 Å². The molecule has 1 atom stereocenters. The minimum atomic E-state index is -0.485. The van der Waals surface area contributed by atoms with Crippen molar-refractivity contribution in [3.63, 3.8) is 0 Å². The van der Waals surface area contributed by atoms with Gasteiger partial charge in [0.15, 0.2) is 0 Å². The van der Waals surface area contributed by atoms with E-state index in [1.807, 2.05) is 32.0 Å². The Morgan fingerprint density at radius 2 is 1.86 bits per heavy atom. The largest absolute Gasteiger partial charge is 0.465 e. The van der Waals surface area contributed by atoms with Crippen molar-refractivity contribution in [1.82, 2.24) is 4.90 Å². The third-order valence-electron chi connectivity index (χ3n) is 5.39. The van der Waals surface area contributed by atoms with E-state index in [9.17, 15) is 14.4 Å². The van der Waals surface area contributed by atoms with Gasteiger partial charge >= 0.3 is 5.97 Å². The fourth-order valence-electron chi connectivity index (χ4n) is 3.73. The van der Waals surface area contributed by atoms with Gasteiger partial charge in [-0.25, -0.2) is 0 Å². The van der Waals surface area contributed by atoms with Gasteiger partial charge in [0.25, 0.3) is 0 Å². The van der Waals surface area contributed by atoms with Gasteiger partial charge in [0.05, 0.1) is 18.4 Å². The minimum Gasteiger partial charge on any atom is -0.465 e. The van der Waals surface area contributed by atoms with Crippen LogP contribution in [0.25, 0.3) is 0 Å². The number of hydrogen-bond donors (Lipinski definition) is 0. The van der Waals surface area contributed by atoms with E-state index in [0.29, 0.717) is 18.7 Å². The first-order valence-corrected chi connectivity index (χ1v) is 10.3. The van der Waals surface area contributed by atoms with Crippen molar-refractivity contribution in [3.8, 4) is 0 Å². The topological polar surface area (TPSA) is 76.2 Å². The molecule has 0 N–H and O–H groups in total. The van der Waals surface area contributed by atoms with E-state index in [0.717, 1.165) is 18.4 Å². The molecule has 1 aromatic carbocycles. The fourth-order valence-corrected chi connectivity index (χ4v) is 3.73. The summed E-state index contributed by atoms with van der Waals surface area (Å²) in [5.74, 6) is -0.936. The summed E-state index contributed by atoms with van der Waals surface area (Å²) < 4.78 is 10.8. The summed E-state index contributed by atoms with van der Waals surface area (Å²) in [6.07, 6.45) is 1.72. The number of rotatable bonds is 7. The van der Waals surface area contributed by atoms with Crippen molar-refractivity contribution in [3.05, 3.63) is 29.8 Å². The highest BCUT2D eigenvalue weighted by atomic mass is 16.5. The molecule has 1 aliphatic heterocycles. The maximum Gasteiger partial charge on any atom is 0.326 e. The average molecular weight is 405 g/mol. The number of ether oxygens (including phenoxy) is 2. The SMILES string of the molecule is CCOC(=O)CN1C(=O)CN(C(=O)C(CC)CC)CCC(OC)c2ccccc21. The highest BCUT2D eigenvalue weighted by Crippen LogP contribution is 2.32. The van der Waals surface area contributed by atoms with Gasteiger partial charge in [-0.15, -0.1) is 0 Å². The van der Waals surface area contributed by atoms with E-state index in [2.05, 4.69) is 0 Å². The number of amides is 2. The van der Waals surface area contributed by atoms with Crippen molar-refractivity contribution in [2.45, 2.75) is 46.1 Å². The molecule has 0 saturated carbocycles. The Kier molecular flexibility index (Phi) is 8.64. The zero-order chi connectivity index (χ0) is 21.4. The van der Waals surface area contributed by atoms with Gasteiger partial charge in [-0.2, -0.15) is 0 Å². The van der Waals surface area contributed by atoms with Crippen molar-refractivity contribution < 1.29 is 23.9 Å². The zero-order valence-corrected chi connectivity index (χ0v) is 17.8. The first-order chi connectivity index (χ1) is 14.0. The quantitative estimate of drug-likeness (QED) is 0.653. The van der Waals surface area contributed by atoms with Crippen LogP contribution in [0.1, 0.15) is 51.7 Å². The molecule has 2 rings (SSSR count). The highest BCUT2D eigenvalue weighted by molar-refractivity contribution is 6.01. The predicted molar refractivity (Wildman–Crippen MR) is 110 cm³/mol. The molecule has 1 aliphatic rings. The predicted octanol–water partition coefficient (Wildman–Crippen LogP) is 2.94. The number of carbonyl (C=O) groups is 3. The molecular weight excluding hydrogens is 372 g/mol. The summed E-state index contributed by atoms with van der Waals surface area (Å²) in [5.41, 5.74) is 1.44. The number of esters is 1. The molecule has 7 nitrogen and oxygen atoms in total. The number of hydrogen-bond acceptors (Lipinski definition) is 5. The van der Waals surface area contributed by atoms with Gasteiger partial charge in [-0.1, -0.05) is 32.0 Å². The molecule has 0 bridgehead atoms. The van der Waals surface area contributed by atoms with E-state index >= 15 is 0 Å². The van der Waals surface area contributed by atoms with E-state index in [1.165, 1.54) is 4.90 Å². The number of nitrogens with zero attached hydrogens (tertiary/aromatic N) is 2. The maximum absolute atomic E-state index is 13.2. The van der Waals surface area contributed by atoms with Crippen molar-refractivity contribution >= 4 is 23.5 Å². The number of fused-ring (bicyclic) bond motifs is 1. The Morgan fingerprint density at radius 1 is 1.17 bits per heavy atom. The van der Waals surface area contributed by atoms with Gasteiger partial charge < -0.3 is 14.4 Å². The van der Waals surface area contributed by atoms with Crippen LogP contribution in [0, 0.1) is 5.92 Å². The summed E-state index contributed by atoms with van der Waals surface area (Å²) in [7, 11) is 1.61. The van der Waals surface area contributed by atoms with Crippen molar-refractivity contribution in [2.24, 2.45) is 5.92 Å². The van der Waals surface area contributed by atoms with Crippen LogP contribution in [0.15, 0.2) is 24.3 Å². The molecule has 1 aromatic rings. The standard InChI is InChI=1S/C22H32N2O5/c1-5-16(6-2)22(27)23-13-12-19(28-4)17-10-8-9-11-18(17)24(20(25)14-23)15-21(26)29-7-3/h8-11,16,19H,5-7,12-15H2,1-4H3. The summed E-state index contributed by atoms with van der Waals surface area (Å²) in [6.45, 7) is 6.06. The third kappa shape index (κ3) is 5.56. The summed E-state index contributed by atoms with van der Waals surface area (Å²) in [4.78, 5) is 41.4. The van der Waals surface area contributed by atoms with E-state index in [-0.39, 0.29) is 43.5 Å². The first-order valence-electron chi connectivity index (χ1n) is 10.3. The number of para-hydroxylation sites is 1. The van der Waals surface area contributed by atoms with Crippen LogP contribution in [0.2, 0.25) is 0 Å². The molecule has 1 heterocycles. The van der Waals surface area contributed by atoms with Crippen molar-refractivity contribution in [1.29, 1.82) is 0 Å². The summed E-state index contributed by atoms with van der Waals surface area (Å²) >= 11 is 0. The smallest absolute Gasteiger partial charge is 0.326 e. The number of methoxy groups -OCH3 is 1. The molecule has 7 heteroatoms. The Labute approximate surface area is 172 Å². The summed E-state index contributed by atoms with van der Waals surface area (Å²) in [6, 6.07) is 7.40. The maximum atomic E-state index is 13.2. The van der Waals surface area contributed by atoms with Crippen LogP contribution in [0.3, 0.4) is 0 Å². The molecular formula is C22H32N2O5. The normalized spacial score (nSPS) is 17.4. The Hall–Kier alpha value is -2.41.